The predicted octanol–water partition coefficient (Wildman–Crippen LogP) is -0.343. The maximum Gasteiger partial charge on any atom is 0.239 e. The number of carbonyl (C=O) groups is 2. The number of nitrogens with one attached hydrogen (secondary N) is 2. The summed E-state index contributed by atoms with van der Waals surface area (Å²) >= 11 is 0. The maximum absolute atomic E-state index is 11.9. The fourth-order valence-corrected chi connectivity index (χ4v) is 4.12. The summed E-state index contributed by atoms with van der Waals surface area (Å²) in [5.74, 6) is -0.0149. The van der Waals surface area contributed by atoms with E-state index in [-0.39, 0.29) is 42.3 Å². The molecule has 1 saturated heterocycles. The van der Waals surface area contributed by atoms with Gasteiger partial charge in [0.1, 0.15) is 5.75 Å². The fraction of sp³-hybridized carbons (Fsp3) is 0.467. The minimum absolute atomic E-state index is 0.0338. The van der Waals surface area contributed by atoms with E-state index in [9.17, 15) is 18.0 Å². The lowest BCUT2D eigenvalue weighted by Gasteiger charge is -2.12. The highest BCUT2D eigenvalue weighted by Gasteiger charge is 2.28. The van der Waals surface area contributed by atoms with Gasteiger partial charge in [-0.1, -0.05) is 18.2 Å². The van der Waals surface area contributed by atoms with Crippen LogP contribution in [0.15, 0.2) is 24.3 Å². The summed E-state index contributed by atoms with van der Waals surface area (Å²) in [5.41, 5.74) is 0.731. The first-order valence-electron chi connectivity index (χ1n) is 7.28. The second-order valence-corrected chi connectivity index (χ2v) is 7.66. The molecule has 0 spiro atoms. The van der Waals surface area contributed by atoms with Gasteiger partial charge in [-0.2, -0.15) is 0 Å². The molecule has 0 saturated carbocycles. The minimum Gasteiger partial charge on any atom is -0.496 e. The summed E-state index contributed by atoms with van der Waals surface area (Å²) in [6, 6.07) is 6.79. The van der Waals surface area contributed by atoms with Gasteiger partial charge in [0.25, 0.3) is 0 Å². The molecule has 2 N–H and O–H groups in total. The highest BCUT2D eigenvalue weighted by atomic mass is 32.2. The number of hydrogen-bond donors (Lipinski definition) is 2. The third-order valence-electron chi connectivity index (χ3n) is 3.59. The predicted molar refractivity (Wildman–Crippen MR) is 84.9 cm³/mol. The summed E-state index contributed by atoms with van der Waals surface area (Å²) in [6.07, 6.45) is 0.526. The number of carbonyl (C=O) groups excluding carboxylic acids is 2. The molecule has 0 bridgehead atoms. The molecule has 0 aliphatic carbocycles. The molecule has 1 atom stereocenters. The summed E-state index contributed by atoms with van der Waals surface area (Å²) in [6.45, 7) is -0.176. The number of hydrogen-bond acceptors (Lipinski definition) is 5. The molecule has 0 aromatic heterocycles. The van der Waals surface area contributed by atoms with Gasteiger partial charge in [0.15, 0.2) is 9.84 Å². The van der Waals surface area contributed by atoms with E-state index >= 15 is 0 Å². The Hall–Kier alpha value is -2.09. The van der Waals surface area contributed by atoms with E-state index in [4.69, 9.17) is 4.74 Å². The first kappa shape index (κ1) is 17.3. The van der Waals surface area contributed by atoms with Gasteiger partial charge in [-0.05, 0) is 12.5 Å². The second kappa shape index (κ2) is 7.45. The van der Waals surface area contributed by atoms with E-state index in [2.05, 4.69) is 10.6 Å². The molecule has 1 aliphatic heterocycles. The van der Waals surface area contributed by atoms with E-state index in [1.807, 2.05) is 6.07 Å². The van der Waals surface area contributed by atoms with Crippen LogP contribution < -0.4 is 15.4 Å². The Labute approximate surface area is 135 Å². The molecule has 126 valence electrons. The van der Waals surface area contributed by atoms with Gasteiger partial charge in [-0.3, -0.25) is 9.59 Å². The summed E-state index contributed by atoms with van der Waals surface area (Å²) in [4.78, 5) is 23.6. The Morgan fingerprint density at radius 3 is 2.65 bits per heavy atom. The quantitative estimate of drug-likeness (QED) is 0.737. The molecule has 1 aliphatic rings. The van der Waals surface area contributed by atoms with Gasteiger partial charge in [-0.25, -0.2) is 8.42 Å². The average Bonchev–Trinajstić information content (AvgIpc) is 2.84. The van der Waals surface area contributed by atoms with Crippen LogP contribution >= 0.6 is 0 Å². The van der Waals surface area contributed by atoms with E-state index in [1.54, 1.807) is 18.2 Å². The third kappa shape index (κ3) is 5.24. The van der Waals surface area contributed by atoms with Crippen LogP contribution in [0, 0.1) is 0 Å². The number of rotatable bonds is 6. The number of ether oxygens (including phenoxy) is 1. The van der Waals surface area contributed by atoms with Crippen molar-refractivity contribution in [2.45, 2.75) is 18.9 Å². The van der Waals surface area contributed by atoms with E-state index in [0.717, 1.165) is 5.56 Å². The zero-order chi connectivity index (χ0) is 16.9. The first-order chi connectivity index (χ1) is 10.9. The SMILES string of the molecule is COc1ccccc1CC(=O)NCC(=O)NC1CCS(=O)(=O)C1. The molecular formula is C15H20N2O5S. The fourth-order valence-electron chi connectivity index (χ4n) is 2.45. The van der Waals surface area contributed by atoms with Crippen LogP contribution in [0.5, 0.6) is 5.75 Å². The number of para-hydroxylation sites is 1. The van der Waals surface area contributed by atoms with E-state index < -0.39 is 9.84 Å². The van der Waals surface area contributed by atoms with Crippen molar-refractivity contribution in [3.8, 4) is 5.75 Å². The van der Waals surface area contributed by atoms with Crippen molar-refractivity contribution in [2.24, 2.45) is 0 Å². The molecular weight excluding hydrogens is 320 g/mol. The topological polar surface area (TPSA) is 102 Å². The van der Waals surface area contributed by atoms with Gasteiger partial charge in [0, 0.05) is 11.6 Å². The van der Waals surface area contributed by atoms with Gasteiger partial charge in [0.05, 0.1) is 31.6 Å². The van der Waals surface area contributed by atoms with Crippen molar-refractivity contribution < 1.29 is 22.7 Å². The van der Waals surface area contributed by atoms with Crippen LogP contribution in [-0.2, 0) is 25.8 Å². The molecule has 1 aromatic rings. The largest absolute Gasteiger partial charge is 0.496 e. The Kier molecular flexibility index (Phi) is 5.59. The van der Waals surface area contributed by atoms with Crippen LogP contribution in [-0.4, -0.2) is 51.4 Å². The number of sulfone groups is 1. The average molecular weight is 340 g/mol. The molecule has 8 heteroatoms. The summed E-state index contributed by atoms with van der Waals surface area (Å²) in [5, 5.41) is 5.14. The van der Waals surface area contributed by atoms with Crippen LogP contribution in [0.4, 0.5) is 0 Å². The highest BCUT2D eigenvalue weighted by Crippen LogP contribution is 2.17. The van der Waals surface area contributed by atoms with Crippen molar-refractivity contribution in [2.75, 3.05) is 25.2 Å². The lowest BCUT2D eigenvalue weighted by molar-refractivity contribution is -0.126. The molecule has 2 amide bonds. The van der Waals surface area contributed by atoms with Crippen molar-refractivity contribution >= 4 is 21.7 Å². The van der Waals surface area contributed by atoms with Gasteiger partial charge in [-0.15, -0.1) is 0 Å². The zero-order valence-electron chi connectivity index (χ0n) is 12.9. The lowest BCUT2D eigenvalue weighted by Crippen LogP contribution is -2.42. The Morgan fingerprint density at radius 1 is 1.26 bits per heavy atom. The Bertz CT molecular complexity index is 687. The standard InChI is InChI=1S/C15H20N2O5S/c1-22-13-5-3-2-4-11(13)8-14(18)16-9-15(19)17-12-6-7-23(20,21)10-12/h2-5,12H,6-10H2,1H3,(H,16,18)(H,17,19). The molecule has 0 radical (unpaired) electrons. The maximum atomic E-state index is 11.9. The van der Waals surface area contributed by atoms with Crippen molar-refractivity contribution in [1.29, 1.82) is 0 Å². The Balaban J connectivity index is 1.77. The third-order valence-corrected chi connectivity index (χ3v) is 5.36. The molecule has 2 rings (SSSR count). The normalized spacial score (nSPS) is 19.1. The molecule has 7 nitrogen and oxygen atoms in total. The lowest BCUT2D eigenvalue weighted by atomic mass is 10.1. The monoisotopic (exact) mass is 340 g/mol. The molecule has 1 aromatic carbocycles. The van der Waals surface area contributed by atoms with Crippen LogP contribution in [0.1, 0.15) is 12.0 Å². The first-order valence-corrected chi connectivity index (χ1v) is 9.10. The summed E-state index contributed by atoms with van der Waals surface area (Å²) < 4.78 is 27.8. The number of benzene rings is 1. The number of methoxy groups -OCH3 is 1. The summed E-state index contributed by atoms with van der Waals surface area (Å²) in [7, 11) is -1.51. The van der Waals surface area contributed by atoms with Gasteiger partial charge in [0.2, 0.25) is 11.8 Å². The Morgan fingerprint density at radius 2 is 2.00 bits per heavy atom. The van der Waals surface area contributed by atoms with E-state index in [1.165, 1.54) is 7.11 Å². The smallest absolute Gasteiger partial charge is 0.239 e. The number of amides is 2. The second-order valence-electron chi connectivity index (χ2n) is 5.43. The molecule has 1 unspecified atom stereocenters. The van der Waals surface area contributed by atoms with Crippen LogP contribution in [0.25, 0.3) is 0 Å². The minimum atomic E-state index is -3.04. The van der Waals surface area contributed by atoms with Gasteiger partial charge >= 0.3 is 0 Å². The molecule has 23 heavy (non-hydrogen) atoms. The molecule has 1 fully saturated rings. The van der Waals surface area contributed by atoms with Crippen molar-refractivity contribution in [1.82, 2.24) is 10.6 Å². The van der Waals surface area contributed by atoms with Crippen LogP contribution in [0.2, 0.25) is 0 Å². The van der Waals surface area contributed by atoms with Gasteiger partial charge < -0.3 is 15.4 Å². The van der Waals surface area contributed by atoms with E-state index in [0.29, 0.717) is 12.2 Å². The van der Waals surface area contributed by atoms with Crippen molar-refractivity contribution in [3.63, 3.8) is 0 Å². The molecule has 1 heterocycles. The van der Waals surface area contributed by atoms with Crippen LogP contribution in [0.3, 0.4) is 0 Å². The van der Waals surface area contributed by atoms with Crippen molar-refractivity contribution in [3.05, 3.63) is 29.8 Å². The highest BCUT2D eigenvalue weighted by molar-refractivity contribution is 7.91. The zero-order valence-corrected chi connectivity index (χ0v) is 13.7.